The summed E-state index contributed by atoms with van der Waals surface area (Å²) in [5.74, 6) is 0. The van der Waals surface area contributed by atoms with Crippen LogP contribution in [0.4, 0.5) is 0 Å². The fourth-order valence-corrected chi connectivity index (χ4v) is 1.64. The highest BCUT2D eigenvalue weighted by Crippen LogP contribution is 2.29. The lowest BCUT2D eigenvalue weighted by Gasteiger charge is -2.22. The molecule has 0 spiro atoms. The fourth-order valence-electron chi connectivity index (χ4n) is 1.64. The van der Waals surface area contributed by atoms with Crippen molar-refractivity contribution in [2.24, 2.45) is 15.4 Å². The molecule has 0 fully saturated rings. The second-order valence-electron chi connectivity index (χ2n) is 4.27. The number of hydrogen-bond acceptors (Lipinski definition) is 2. The molecule has 2 rings (SSSR count). The van der Waals surface area contributed by atoms with Crippen molar-refractivity contribution in [3.63, 3.8) is 0 Å². The minimum Gasteiger partial charge on any atom is -0.253 e. The maximum atomic E-state index is 4.40. The van der Waals surface area contributed by atoms with Crippen molar-refractivity contribution >= 4 is 11.4 Å². The van der Waals surface area contributed by atoms with Gasteiger partial charge >= 0.3 is 0 Å². The van der Waals surface area contributed by atoms with Gasteiger partial charge in [-0.15, -0.1) is 0 Å². The smallest absolute Gasteiger partial charge is 0.0562 e. The van der Waals surface area contributed by atoms with Crippen LogP contribution in [-0.4, -0.2) is 11.4 Å². The molecule has 0 aliphatic carbocycles. The fraction of sp³-hybridized carbons (Fsp3) is 0.231. The monoisotopic (exact) mass is 198 g/mol. The Morgan fingerprint density at radius 1 is 0.867 bits per heavy atom. The van der Waals surface area contributed by atoms with Crippen LogP contribution in [0.1, 0.15) is 13.8 Å². The molecule has 0 aromatic rings. The van der Waals surface area contributed by atoms with Crippen molar-refractivity contribution in [1.82, 2.24) is 0 Å². The zero-order valence-corrected chi connectivity index (χ0v) is 9.12. The minimum atomic E-state index is -0.175. The number of aliphatic imine (C=N–C) groups is 2. The predicted octanol–water partition coefficient (Wildman–Crippen LogP) is 3.06. The van der Waals surface area contributed by atoms with Crippen LogP contribution in [0.5, 0.6) is 0 Å². The molecule has 0 N–H and O–H groups in total. The molecule has 76 valence electrons. The first-order valence-corrected chi connectivity index (χ1v) is 4.92. The van der Waals surface area contributed by atoms with Crippen LogP contribution < -0.4 is 0 Å². The number of allylic oxidation sites excluding steroid dienone is 4. The maximum absolute atomic E-state index is 4.40. The average molecular weight is 198 g/mol. The van der Waals surface area contributed by atoms with Gasteiger partial charge in [0.15, 0.2) is 0 Å². The van der Waals surface area contributed by atoms with E-state index >= 15 is 0 Å². The Bertz CT molecular complexity index is 415. The molecule has 0 unspecified atom stereocenters. The molecule has 0 aromatic carbocycles. The average Bonchev–Trinajstić information content (AvgIpc) is 2.74. The first-order chi connectivity index (χ1) is 7.00. The summed E-state index contributed by atoms with van der Waals surface area (Å²) >= 11 is 0. The Morgan fingerprint density at radius 2 is 1.27 bits per heavy atom. The number of hydrogen-bond donors (Lipinski definition) is 0. The van der Waals surface area contributed by atoms with Crippen LogP contribution in [0.15, 0.2) is 58.8 Å². The Balaban J connectivity index is 2.36. The molecule has 2 heterocycles. The van der Waals surface area contributed by atoms with Gasteiger partial charge in [0.05, 0.1) is 22.8 Å². The highest BCUT2D eigenvalue weighted by atomic mass is 14.8. The second-order valence-corrected chi connectivity index (χ2v) is 4.27. The molecule has 2 aliphatic rings. The third-order valence-electron chi connectivity index (χ3n) is 2.68. The number of nitrogens with zero attached hydrogens (tertiary/aromatic N) is 2. The largest absolute Gasteiger partial charge is 0.253 e. The van der Waals surface area contributed by atoms with Gasteiger partial charge in [-0.05, 0) is 38.2 Å². The van der Waals surface area contributed by atoms with Crippen LogP contribution in [-0.2, 0) is 0 Å². The van der Waals surface area contributed by atoms with Gasteiger partial charge in [-0.1, -0.05) is 13.2 Å². The molecule has 2 nitrogen and oxygen atoms in total. The van der Waals surface area contributed by atoms with E-state index in [-0.39, 0.29) is 5.41 Å². The standard InChI is InChI=1S/C13H14N2/c1-9-5-7-11(14-9)13(3,4)12-8-6-10(2)15-12/h5-8H,1-2H2,3-4H3. The highest BCUT2D eigenvalue weighted by Gasteiger charge is 2.31. The zero-order valence-electron chi connectivity index (χ0n) is 9.12. The van der Waals surface area contributed by atoms with Gasteiger partial charge in [-0.2, -0.15) is 0 Å². The van der Waals surface area contributed by atoms with Crippen LogP contribution in [0.2, 0.25) is 0 Å². The van der Waals surface area contributed by atoms with E-state index in [4.69, 9.17) is 0 Å². The highest BCUT2D eigenvalue weighted by molar-refractivity contribution is 6.21. The molecule has 0 atom stereocenters. The first kappa shape index (κ1) is 9.84. The van der Waals surface area contributed by atoms with Crippen molar-refractivity contribution in [3.05, 3.63) is 48.9 Å². The van der Waals surface area contributed by atoms with Gasteiger partial charge in [-0.3, -0.25) is 9.98 Å². The lowest BCUT2D eigenvalue weighted by atomic mass is 9.82. The van der Waals surface area contributed by atoms with Crippen molar-refractivity contribution in [2.45, 2.75) is 13.8 Å². The van der Waals surface area contributed by atoms with E-state index in [0.717, 1.165) is 22.8 Å². The molecule has 15 heavy (non-hydrogen) atoms. The van der Waals surface area contributed by atoms with Gasteiger partial charge in [0, 0.05) is 5.41 Å². The summed E-state index contributed by atoms with van der Waals surface area (Å²) in [6.07, 6.45) is 7.84. The lowest BCUT2D eigenvalue weighted by Crippen LogP contribution is -2.30. The first-order valence-electron chi connectivity index (χ1n) is 4.92. The quantitative estimate of drug-likeness (QED) is 0.651. The SMILES string of the molecule is C=C1C=CC(C(C)(C)C2=NC(=C)C=C2)=N1. The summed E-state index contributed by atoms with van der Waals surface area (Å²) < 4.78 is 0. The van der Waals surface area contributed by atoms with Gasteiger partial charge < -0.3 is 0 Å². The van der Waals surface area contributed by atoms with Gasteiger partial charge in [0.1, 0.15) is 0 Å². The zero-order chi connectivity index (χ0) is 11.1. The molecule has 0 radical (unpaired) electrons. The molecule has 2 aliphatic heterocycles. The van der Waals surface area contributed by atoms with E-state index in [1.807, 2.05) is 24.3 Å². The third-order valence-corrected chi connectivity index (χ3v) is 2.68. The van der Waals surface area contributed by atoms with E-state index in [1.54, 1.807) is 0 Å². The normalized spacial score (nSPS) is 19.9. The summed E-state index contributed by atoms with van der Waals surface area (Å²) in [5.41, 5.74) is 3.45. The van der Waals surface area contributed by atoms with Crippen molar-refractivity contribution in [3.8, 4) is 0 Å². The lowest BCUT2D eigenvalue weighted by molar-refractivity contribution is 0.736. The van der Waals surface area contributed by atoms with Crippen molar-refractivity contribution in [1.29, 1.82) is 0 Å². The van der Waals surface area contributed by atoms with Crippen LogP contribution in [0, 0.1) is 5.41 Å². The topological polar surface area (TPSA) is 24.7 Å². The maximum Gasteiger partial charge on any atom is 0.0562 e. The molecule has 2 heteroatoms. The van der Waals surface area contributed by atoms with E-state index in [1.165, 1.54) is 0 Å². The molecule has 0 saturated carbocycles. The van der Waals surface area contributed by atoms with E-state index in [9.17, 15) is 0 Å². The van der Waals surface area contributed by atoms with Gasteiger partial charge in [-0.25, -0.2) is 0 Å². The summed E-state index contributed by atoms with van der Waals surface area (Å²) in [6.45, 7) is 11.8. The Morgan fingerprint density at radius 3 is 1.53 bits per heavy atom. The van der Waals surface area contributed by atoms with E-state index in [2.05, 4.69) is 37.0 Å². The van der Waals surface area contributed by atoms with Crippen LogP contribution in [0.3, 0.4) is 0 Å². The predicted molar refractivity (Wildman–Crippen MR) is 65.2 cm³/mol. The molecule has 0 amide bonds. The molecule has 0 bridgehead atoms. The molecule has 0 aromatic heterocycles. The van der Waals surface area contributed by atoms with Crippen molar-refractivity contribution < 1.29 is 0 Å². The minimum absolute atomic E-state index is 0.175. The Kier molecular flexibility index (Phi) is 2.07. The third kappa shape index (κ3) is 1.63. The molecule has 0 saturated heterocycles. The Labute approximate surface area is 90.1 Å². The second kappa shape index (κ2) is 3.16. The summed E-state index contributed by atoms with van der Waals surface area (Å²) in [4.78, 5) is 8.79. The van der Waals surface area contributed by atoms with Crippen LogP contribution in [0.25, 0.3) is 0 Å². The number of rotatable bonds is 2. The van der Waals surface area contributed by atoms with Gasteiger partial charge in [0.2, 0.25) is 0 Å². The molecular weight excluding hydrogens is 184 g/mol. The van der Waals surface area contributed by atoms with Crippen LogP contribution >= 0.6 is 0 Å². The van der Waals surface area contributed by atoms with E-state index in [0.29, 0.717) is 0 Å². The Hall–Kier alpha value is -1.70. The molecular formula is C13H14N2. The summed E-state index contributed by atoms with van der Waals surface area (Å²) in [5, 5.41) is 0. The summed E-state index contributed by atoms with van der Waals surface area (Å²) in [7, 11) is 0. The summed E-state index contributed by atoms with van der Waals surface area (Å²) in [6, 6.07) is 0. The van der Waals surface area contributed by atoms with E-state index < -0.39 is 0 Å². The van der Waals surface area contributed by atoms with Crippen molar-refractivity contribution in [2.75, 3.05) is 0 Å². The van der Waals surface area contributed by atoms with Gasteiger partial charge in [0.25, 0.3) is 0 Å².